The van der Waals surface area contributed by atoms with Crippen LogP contribution < -0.4 is 10.6 Å². The summed E-state index contributed by atoms with van der Waals surface area (Å²) in [5.41, 5.74) is 2.91. The van der Waals surface area contributed by atoms with Crippen molar-refractivity contribution in [2.45, 2.75) is 40.7 Å². The molecule has 6 heteroatoms. The van der Waals surface area contributed by atoms with Crippen LogP contribution in [0.25, 0.3) is 0 Å². The van der Waals surface area contributed by atoms with Gasteiger partial charge in [-0.2, -0.15) is 0 Å². The largest absolute Gasteiger partial charge is 0.352 e. The van der Waals surface area contributed by atoms with Gasteiger partial charge in [-0.25, -0.2) is 0 Å². The number of carbonyl (C=O) groups is 1. The lowest BCUT2D eigenvalue weighted by Gasteiger charge is -2.25. The molecule has 0 atom stereocenters. The number of hydrogen-bond donors (Lipinski definition) is 2. The van der Waals surface area contributed by atoms with E-state index in [0.29, 0.717) is 16.7 Å². The Hall–Kier alpha value is -1.33. The average molecular weight is 342 g/mol. The van der Waals surface area contributed by atoms with E-state index < -0.39 is 0 Å². The van der Waals surface area contributed by atoms with Crippen LogP contribution >= 0.6 is 23.8 Å². The lowest BCUT2D eigenvalue weighted by molar-refractivity contribution is -0.121. The third-order valence-corrected chi connectivity index (χ3v) is 3.78. The second-order valence-electron chi connectivity index (χ2n) is 5.61. The molecule has 1 aromatic rings. The van der Waals surface area contributed by atoms with Gasteiger partial charge in [0.15, 0.2) is 5.11 Å². The number of nitrogens with zero attached hydrogens (tertiary/aromatic N) is 1. The molecule has 22 heavy (non-hydrogen) atoms. The first-order valence-corrected chi connectivity index (χ1v) is 8.15. The Balaban J connectivity index is 2.80. The zero-order chi connectivity index (χ0) is 16.9. The van der Waals surface area contributed by atoms with E-state index in [0.717, 1.165) is 16.8 Å². The van der Waals surface area contributed by atoms with Crippen molar-refractivity contribution in [2.75, 3.05) is 18.4 Å². The van der Waals surface area contributed by atoms with E-state index in [1.54, 1.807) is 0 Å². The summed E-state index contributed by atoms with van der Waals surface area (Å²) in [6, 6.07) is 4.04. The summed E-state index contributed by atoms with van der Waals surface area (Å²) >= 11 is 11.7. The summed E-state index contributed by atoms with van der Waals surface area (Å²) in [6.07, 6.45) is 0. The van der Waals surface area contributed by atoms with E-state index in [1.165, 1.54) is 0 Å². The lowest BCUT2D eigenvalue weighted by atomic mass is 10.1. The molecule has 0 spiro atoms. The zero-order valence-corrected chi connectivity index (χ0v) is 15.4. The van der Waals surface area contributed by atoms with Gasteiger partial charge in [0.05, 0.1) is 17.3 Å². The highest BCUT2D eigenvalue weighted by molar-refractivity contribution is 7.80. The summed E-state index contributed by atoms with van der Waals surface area (Å²) < 4.78 is 0. The Morgan fingerprint density at radius 2 is 2.00 bits per heavy atom. The highest BCUT2D eigenvalue weighted by atomic mass is 35.5. The monoisotopic (exact) mass is 341 g/mol. The molecular weight excluding hydrogens is 318 g/mol. The summed E-state index contributed by atoms with van der Waals surface area (Å²) in [4.78, 5) is 13.7. The number of rotatable bonds is 5. The first-order chi connectivity index (χ1) is 10.2. The van der Waals surface area contributed by atoms with Crippen LogP contribution in [0.15, 0.2) is 12.1 Å². The molecule has 2 N–H and O–H groups in total. The Morgan fingerprint density at radius 1 is 1.36 bits per heavy atom. The molecule has 0 heterocycles. The molecule has 0 saturated carbocycles. The third kappa shape index (κ3) is 5.46. The van der Waals surface area contributed by atoms with Gasteiger partial charge in [0.25, 0.3) is 0 Å². The van der Waals surface area contributed by atoms with Crippen LogP contribution in [0.5, 0.6) is 0 Å². The van der Waals surface area contributed by atoms with Gasteiger partial charge in [-0.1, -0.05) is 17.7 Å². The number of aryl methyl sites for hydroxylation is 2. The number of amides is 1. The van der Waals surface area contributed by atoms with Crippen LogP contribution in [0.4, 0.5) is 5.69 Å². The van der Waals surface area contributed by atoms with Crippen molar-refractivity contribution in [1.29, 1.82) is 0 Å². The van der Waals surface area contributed by atoms with Gasteiger partial charge in [-0.15, -0.1) is 0 Å². The van der Waals surface area contributed by atoms with Crippen LogP contribution in [0, 0.1) is 13.8 Å². The van der Waals surface area contributed by atoms with Gasteiger partial charge in [0, 0.05) is 12.6 Å². The van der Waals surface area contributed by atoms with Gasteiger partial charge >= 0.3 is 0 Å². The van der Waals surface area contributed by atoms with Crippen LogP contribution in [0.1, 0.15) is 31.9 Å². The molecule has 0 fully saturated rings. The van der Waals surface area contributed by atoms with E-state index in [-0.39, 0.29) is 18.5 Å². The summed E-state index contributed by atoms with van der Waals surface area (Å²) in [5, 5.41) is 7.15. The van der Waals surface area contributed by atoms with Crippen molar-refractivity contribution in [3.63, 3.8) is 0 Å². The van der Waals surface area contributed by atoms with Crippen LogP contribution in [0.3, 0.4) is 0 Å². The van der Waals surface area contributed by atoms with Crippen molar-refractivity contribution >= 4 is 40.5 Å². The Bertz CT molecular complexity index is 537. The molecule has 0 aliphatic heterocycles. The maximum Gasteiger partial charge on any atom is 0.239 e. The molecule has 0 saturated heterocycles. The van der Waals surface area contributed by atoms with E-state index in [4.69, 9.17) is 23.8 Å². The van der Waals surface area contributed by atoms with Crippen LogP contribution in [-0.4, -0.2) is 35.1 Å². The number of halogens is 1. The second kappa shape index (κ2) is 8.34. The highest BCUT2D eigenvalue weighted by Gasteiger charge is 2.15. The Kier molecular flexibility index (Phi) is 7.10. The number of benzene rings is 1. The molecule has 0 aromatic heterocycles. The molecule has 1 rings (SSSR count). The molecule has 0 aliphatic rings. The predicted octanol–water partition coefficient (Wildman–Crippen LogP) is 3.50. The van der Waals surface area contributed by atoms with Crippen molar-refractivity contribution in [3.05, 3.63) is 28.3 Å². The van der Waals surface area contributed by atoms with Crippen molar-refractivity contribution in [1.82, 2.24) is 10.2 Å². The third-order valence-electron chi connectivity index (χ3n) is 3.12. The quantitative estimate of drug-likeness (QED) is 0.804. The normalized spacial score (nSPS) is 10.5. The maximum absolute atomic E-state index is 11.9. The minimum absolute atomic E-state index is 0.0484. The Labute approximate surface area is 143 Å². The molecule has 0 unspecified atom stereocenters. The maximum atomic E-state index is 11.9. The second-order valence-corrected chi connectivity index (χ2v) is 6.40. The highest BCUT2D eigenvalue weighted by Crippen LogP contribution is 2.27. The molecule has 0 aliphatic carbocycles. The molecule has 4 nitrogen and oxygen atoms in total. The van der Waals surface area contributed by atoms with Gasteiger partial charge in [-0.05, 0) is 64.0 Å². The number of likely N-dealkylation sites (N-methyl/N-ethyl adjacent to an activating group) is 1. The average Bonchev–Trinajstić information content (AvgIpc) is 2.38. The van der Waals surface area contributed by atoms with Crippen LogP contribution in [0.2, 0.25) is 5.02 Å². The topological polar surface area (TPSA) is 44.4 Å². The van der Waals surface area contributed by atoms with E-state index >= 15 is 0 Å². The van der Waals surface area contributed by atoms with E-state index in [1.807, 2.05) is 51.7 Å². The van der Waals surface area contributed by atoms with Gasteiger partial charge in [0.2, 0.25) is 5.91 Å². The fraction of sp³-hybridized carbons (Fsp3) is 0.500. The van der Waals surface area contributed by atoms with Gasteiger partial charge in [0.1, 0.15) is 0 Å². The van der Waals surface area contributed by atoms with Crippen molar-refractivity contribution in [3.8, 4) is 0 Å². The summed E-state index contributed by atoms with van der Waals surface area (Å²) in [6.45, 7) is 10.7. The molecule has 0 radical (unpaired) electrons. The fourth-order valence-electron chi connectivity index (χ4n) is 2.13. The summed E-state index contributed by atoms with van der Waals surface area (Å²) in [7, 11) is 0. The van der Waals surface area contributed by atoms with Crippen molar-refractivity contribution < 1.29 is 4.79 Å². The minimum Gasteiger partial charge on any atom is -0.352 e. The zero-order valence-electron chi connectivity index (χ0n) is 13.8. The number of hydrogen-bond acceptors (Lipinski definition) is 2. The first kappa shape index (κ1) is 18.7. The molecule has 1 aromatic carbocycles. The first-order valence-electron chi connectivity index (χ1n) is 7.36. The molecule has 1 amide bonds. The van der Waals surface area contributed by atoms with Gasteiger partial charge < -0.3 is 15.5 Å². The van der Waals surface area contributed by atoms with Crippen LogP contribution in [-0.2, 0) is 4.79 Å². The minimum atomic E-state index is -0.0484. The SMILES string of the molecule is CCN(CC(=O)NC(C)C)C(=S)Nc1c(C)cc(C)cc1Cl. The number of anilines is 1. The summed E-state index contributed by atoms with van der Waals surface area (Å²) in [5.74, 6) is -0.0484. The molecule has 122 valence electrons. The van der Waals surface area contributed by atoms with E-state index in [2.05, 4.69) is 10.6 Å². The molecular formula is C16H24ClN3OS. The number of thiocarbonyl (C=S) groups is 1. The lowest BCUT2D eigenvalue weighted by Crippen LogP contribution is -2.44. The molecule has 0 bridgehead atoms. The number of nitrogens with one attached hydrogen (secondary N) is 2. The number of carbonyl (C=O) groups excluding carboxylic acids is 1. The smallest absolute Gasteiger partial charge is 0.239 e. The van der Waals surface area contributed by atoms with E-state index in [9.17, 15) is 4.79 Å². The fourth-order valence-corrected chi connectivity index (χ4v) is 2.79. The standard InChI is InChI=1S/C16H24ClN3OS/c1-6-20(9-14(21)18-10(2)3)16(22)19-15-12(5)7-11(4)8-13(15)17/h7-8,10H,6,9H2,1-5H3,(H,18,21)(H,19,22). The van der Waals surface area contributed by atoms with Gasteiger partial charge in [-0.3, -0.25) is 4.79 Å². The van der Waals surface area contributed by atoms with Crippen molar-refractivity contribution in [2.24, 2.45) is 0 Å². The predicted molar refractivity (Wildman–Crippen MR) is 97.7 cm³/mol. The Morgan fingerprint density at radius 3 is 2.50 bits per heavy atom.